The largest absolute Gasteiger partial charge is 0.330 e. The number of thiol groups is 2. The first-order valence-electron chi connectivity index (χ1n) is 5.00. The van der Waals surface area contributed by atoms with Gasteiger partial charge in [0.2, 0.25) is 0 Å². The van der Waals surface area contributed by atoms with Gasteiger partial charge in [-0.2, -0.15) is 25.3 Å². The number of aromatic amines is 1. The summed E-state index contributed by atoms with van der Waals surface area (Å²) in [5, 5.41) is 0.248. The molecule has 90 valence electrons. The number of aromatic nitrogens is 3. The summed E-state index contributed by atoms with van der Waals surface area (Å²) in [5.74, 6) is 0.486. The van der Waals surface area contributed by atoms with Crippen molar-refractivity contribution >= 4 is 36.3 Å². The van der Waals surface area contributed by atoms with E-state index in [1.807, 2.05) is 0 Å². The lowest BCUT2D eigenvalue weighted by molar-refractivity contribution is 0.638. The predicted molar refractivity (Wildman–Crippen MR) is 73.3 cm³/mol. The van der Waals surface area contributed by atoms with Crippen molar-refractivity contribution in [2.24, 2.45) is 0 Å². The third kappa shape index (κ3) is 2.39. The Morgan fingerprint density at radius 2 is 2.24 bits per heavy atom. The number of H-pyrrole nitrogens is 1. The summed E-state index contributed by atoms with van der Waals surface area (Å²) in [6, 6.07) is 3.29. The molecule has 1 N–H and O–H groups in total. The molecular weight excluding hydrogens is 258 g/mol. The van der Waals surface area contributed by atoms with Crippen molar-refractivity contribution in [3.63, 3.8) is 0 Å². The van der Waals surface area contributed by atoms with Crippen LogP contribution in [0.2, 0.25) is 0 Å². The van der Waals surface area contributed by atoms with Gasteiger partial charge in [0.25, 0.3) is 5.56 Å². The van der Waals surface area contributed by atoms with E-state index in [1.54, 1.807) is 12.1 Å². The van der Waals surface area contributed by atoms with Crippen LogP contribution >= 0.6 is 25.3 Å². The SMILES string of the molecule is O=c1[nH]c2ncccc2c(=O)n1C[C@@H](S)CS. The molecule has 0 aliphatic heterocycles. The molecule has 0 saturated carbocycles. The molecular formula is C10H11N3O2S2. The zero-order valence-electron chi connectivity index (χ0n) is 8.83. The third-order valence-electron chi connectivity index (χ3n) is 2.36. The fraction of sp³-hybridized carbons (Fsp3) is 0.300. The molecule has 2 rings (SSSR count). The molecule has 2 aromatic rings. The number of hydrogen-bond donors (Lipinski definition) is 3. The molecule has 0 unspecified atom stereocenters. The van der Waals surface area contributed by atoms with Gasteiger partial charge >= 0.3 is 5.69 Å². The van der Waals surface area contributed by atoms with Crippen LogP contribution in [0.25, 0.3) is 11.0 Å². The minimum atomic E-state index is -0.470. The Morgan fingerprint density at radius 1 is 1.47 bits per heavy atom. The van der Waals surface area contributed by atoms with Crippen molar-refractivity contribution in [2.45, 2.75) is 11.8 Å². The van der Waals surface area contributed by atoms with Gasteiger partial charge in [-0.3, -0.25) is 14.3 Å². The van der Waals surface area contributed by atoms with E-state index in [9.17, 15) is 9.59 Å². The number of nitrogens with zero attached hydrogens (tertiary/aromatic N) is 2. The Bertz CT molecular complexity index is 650. The van der Waals surface area contributed by atoms with Crippen LogP contribution in [-0.4, -0.2) is 25.5 Å². The van der Waals surface area contributed by atoms with Gasteiger partial charge in [0, 0.05) is 23.7 Å². The van der Waals surface area contributed by atoms with Crippen molar-refractivity contribution < 1.29 is 0 Å². The Kier molecular flexibility index (Phi) is 3.58. The normalized spacial score (nSPS) is 12.8. The summed E-state index contributed by atoms with van der Waals surface area (Å²) in [5.41, 5.74) is -0.514. The highest BCUT2D eigenvalue weighted by atomic mass is 32.1. The minimum Gasteiger partial charge on any atom is -0.291 e. The van der Waals surface area contributed by atoms with Crippen LogP contribution < -0.4 is 11.2 Å². The van der Waals surface area contributed by atoms with Crippen LogP contribution in [0.5, 0.6) is 0 Å². The van der Waals surface area contributed by atoms with Gasteiger partial charge in [-0.25, -0.2) is 9.78 Å². The smallest absolute Gasteiger partial charge is 0.291 e. The summed E-state index contributed by atoms with van der Waals surface area (Å²) in [6.45, 7) is 0.228. The van der Waals surface area contributed by atoms with E-state index >= 15 is 0 Å². The summed E-state index contributed by atoms with van der Waals surface area (Å²) < 4.78 is 1.12. The maximum Gasteiger partial charge on any atom is 0.330 e. The molecule has 0 aliphatic rings. The molecule has 2 heterocycles. The quantitative estimate of drug-likeness (QED) is 0.703. The van der Waals surface area contributed by atoms with Crippen LogP contribution in [0.1, 0.15) is 0 Å². The average molecular weight is 269 g/mol. The molecule has 0 aliphatic carbocycles. The van der Waals surface area contributed by atoms with Crippen molar-refractivity contribution in [1.29, 1.82) is 0 Å². The summed E-state index contributed by atoms with van der Waals surface area (Å²) in [7, 11) is 0. The zero-order chi connectivity index (χ0) is 12.4. The topological polar surface area (TPSA) is 67.8 Å². The predicted octanol–water partition coefficient (Wildman–Crippen LogP) is 0.313. The number of nitrogens with one attached hydrogen (secondary N) is 1. The van der Waals surface area contributed by atoms with Crippen LogP contribution in [0.4, 0.5) is 0 Å². The van der Waals surface area contributed by atoms with Gasteiger partial charge in [0.15, 0.2) is 0 Å². The molecule has 7 heteroatoms. The van der Waals surface area contributed by atoms with E-state index < -0.39 is 5.69 Å². The summed E-state index contributed by atoms with van der Waals surface area (Å²) in [6.07, 6.45) is 1.52. The molecule has 5 nitrogen and oxygen atoms in total. The molecule has 0 aromatic carbocycles. The van der Waals surface area contributed by atoms with Crippen LogP contribution in [0.3, 0.4) is 0 Å². The fourth-order valence-corrected chi connectivity index (χ4v) is 1.80. The molecule has 1 atom stereocenters. The highest BCUT2D eigenvalue weighted by Crippen LogP contribution is 2.02. The zero-order valence-corrected chi connectivity index (χ0v) is 10.6. The van der Waals surface area contributed by atoms with Gasteiger partial charge in [0.05, 0.1) is 5.39 Å². The van der Waals surface area contributed by atoms with Crippen molar-refractivity contribution in [1.82, 2.24) is 14.5 Å². The Labute approximate surface area is 108 Å². The van der Waals surface area contributed by atoms with E-state index in [1.165, 1.54) is 6.20 Å². The molecule has 2 aromatic heterocycles. The van der Waals surface area contributed by atoms with Gasteiger partial charge in [0.1, 0.15) is 5.65 Å². The molecule has 17 heavy (non-hydrogen) atoms. The van der Waals surface area contributed by atoms with E-state index in [-0.39, 0.29) is 17.4 Å². The lowest BCUT2D eigenvalue weighted by Gasteiger charge is -2.09. The van der Waals surface area contributed by atoms with E-state index in [2.05, 4.69) is 35.2 Å². The second-order valence-corrected chi connectivity index (χ2v) is 4.68. The van der Waals surface area contributed by atoms with E-state index in [0.717, 1.165) is 4.57 Å². The molecule has 0 bridgehead atoms. The number of fused-ring (bicyclic) bond motifs is 1. The molecule has 0 radical (unpaired) electrons. The Morgan fingerprint density at radius 3 is 2.94 bits per heavy atom. The Hall–Kier alpha value is -1.21. The van der Waals surface area contributed by atoms with Gasteiger partial charge in [-0.05, 0) is 12.1 Å². The third-order valence-corrected chi connectivity index (χ3v) is 3.43. The average Bonchev–Trinajstić information content (AvgIpc) is 2.34. The second-order valence-electron chi connectivity index (χ2n) is 3.58. The van der Waals surface area contributed by atoms with Crippen molar-refractivity contribution in [2.75, 3.05) is 5.75 Å². The van der Waals surface area contributed by atoms with Crippen LogP contribution in [-0.2, 0) is 6.54 Å². The van der Waals surface area contributed by atoms with Crippen molar-refractivity contribution in [3.05, 3.63) is 39.2 Å². The lowest BCUT2D eigenvalue weighted by Crippen LogP contribution is -2.37. The molecule has 0 saturated heterocycles. The van der Waals surface area contributed by atoms with Gasteiger partial charge in [-0.1, -0.05) is 0 Å². The molecule has 0 amide bonds. The first-order chi connectivity index (χ1) is 8.13. The summed E-state index contributed by atoms with van der Waals surface area (Å²) >= 11 is 8.30. The number of hydrogen-bond acceptors (Lipinski definition) is 5. The summed E-state index contributed by atoms with van der Waals surface area (Å²) in [4.78, 5) is 30.3. The van der Waals surface area contributed by atoms with Gasteiger partial charge < -0.3 is 0 Å². The highest BCUT2D eigenvalue weighted by Gasteiger charge is 2.10. The number of pyridine rings is 1. The van der Waals surface area contributed by atoms with Crippen LogP contribution in [0.15, 0.2) is 27.9 Å². The molecule has 0 fully saturated rings. The number of rotatable bonds is 3. The second kappa shape index (κ2) is 4.97. The standard InChI is InChI=1S/C10H11N3O2S2/c14-9-7-2-1-3-11-8(7)12-10(15)13(9)4-6(17)5-16/h1-3,6,16-17H,4-5H2,(H,11,12,15)/t6-/m1/s1. The maximum absolute atomic E-state index is 12.0. The first-order valence-corrected chi connectivity index (χ1v) is 6.15. The Balaban J connectivity index is 2.64. The fourth-order valence-electron chi connectivity index (χ4n) is 1.52. The molecule has 0 spiro atoms. The van der Waals surface area contributed by atoms with Gasteiger partial charge in [-0.15, -0.1) is 0 Å². The minimum absolute atomic E-state index is 0.147. The van der Waals surface area contributed by atoms with E-state index in [4.69, 9.17) is 0 Å². The monoisotopic (exact) mass is 269 g/mol. The van der Waals surface area contributed by atoms with Crippen LogP contribution in [0, 0.1) is 0 Å². The lowest BCUT2D eigenvalue weighted by atomic mass is 10.3. The first kappa shape index (κ1) is 12.3. The maximum atomic E-state index is 12.0. The van der Waals surface area contributed by atoms with E-state index in [0.29, 0.717) is 16.8 Å². The van der Waals surface area contributed by atoms with Crippen molar-refractivity contribution in [3.8, 4) is 0 Å². The highest BCUT2D eigenvalue weighted by molar-refractivity contribution is 7.84.